The van der Waals surface area contributed by atoms with Gasteiger partial charge in [0.25, 0.3) is 5.91 Å². The summed E-state index contributed by atoms with van der Waals surface area (Å²) >= 11 is 0. The Morgan fingerprint density at radius 2 is 2.23 bits per heavy atom. The minimum Gasteiger partial charge on any atom is -0.338 e. The van der Waals surface area contributed by atoms with Crippen molar-refractivity contribution in [1.82, 2.24) is 15.1 Å². The van der Waals surface area contributed by atoms with Crippen LogP contribution in [0.2, 0.25) is 0 Å². The van der Waals surface area contributed by atoms with Gasteiger partial charge in [-0.25, -0.2) is 0 Å². The molecule has 0 aromatic heterocycles. The van der Waals surface area contributed by atoms with E-state index in [-0.39, 0.29) is 17.9 Å². The third-order valence-corrected chi connectivity index (χ3v) is 4.48. The van der Waals surface area contributed by atoms with E-state index in [2.05, 4.69) is 12.2 Å². The van der Waals surface area contributed by atoms with Crippen LogP contribution in [0.5, 0.6) is 0 Å². The maximum absolute atomic E-state index is 12.7. The Balaban J connectivity index is 1.72. The number of nitrogens with one attached hydrogen (secondary N) is 1. The molecule has 0 radical (unpaired) electrons. The molecular weight excluding hydrogens is 278 g/mol. The molecule has 0 saturated carbocycles. The Kier molecular flexibility index (Phi) is 4.43. The zero-order valence-electron chi connectivity index (χ0n) is 13.0. The van der Waals surface area contributed by atoms with Gasteiger partial charge in [0.1, 0.15) is 0 Å². The van der Waals surface area contributed by atoms with Crippen molar-refractivity contribution in [2.24, 2.45) is 0 Å². The zero-order chi connectivity index (χ0) is 15.5. The molecule has 0 bridgehead atoms. The fraction of sp³-hybridized carbons (Fsp3) is 0.529. The number of hydrogen-bond acceptors (Lipinski definition) is 3. The number of carbonyl (C=O) groups is 2. The van der Waals surface area contributed by atoms with E-state index < -0.39 is 0 Å². The van der Waals surface area contributed by atoms with Crippen LogP contribution in [0.3, 0.4) is 0 Å². The van der Waals surface area contributed by atoms with Gasteiger partial charge in [0, 0.05) is 50.7 Å². The first-order valence-electron chi connectivity index (χ1n) is 8.03. The minimum atomic E-state index is 0.0867. The maximum atomic E-state index is 12.7. The molecule has 2 saturated heterocycles. The quantitative estimate of drug-likeness (QED) is 0.914. The zero-order valence-corrected chi connectivity index (χ0v) is 13.0. The SMILES string of the molecule is CC1CNCCN1C(=O)c1cccc(CN2CCCC2=O)c1. The summed E-state index contributed by atoms with van der Waals surface area (Å²) < 4.78 is 0. The highest BCUT2D eigenvalue weighted by atomic mass is 16.2. The predicted octanol–water partition coefficient (Wildman–Crippen LogP) is 1.24. The van der Waals surface area contributed by atoms with E-state index in [1.165, 1.54) is 0 Å². The summed E-state index contributed by atoms with van der Waals surface area (Å²) in [5, 5.41) is 3.30. The molecule has 1 unspecified atom stereocenters. The fourth-order valence-electron chi connectivity index (χ4n) is 3.20. The van der Waals surface area contributed by atoms with E-state index in [4.69, 9.17) is 0 Å². The lowest BCUT2D eigenvalue weighted by Crippen LogP contribution is -2.52. The fourth-order valence-corrected chi connectivity index (χ4v) is 3.20. The molecule has 3 rings (SSSR count). The van der Waals surface area contributed by atoms with Crippen molar-refractivity contribution in [1.29, 1.82) is 0 Å². The molecule has 5 nitrogen and oxygen atoms in total. The second-order valence-corrected chi connectivity index (χ2v) is 6.17. The smallest absolute Gasteiger partial charge is 0.254 e. The average Bonchev–Trinajstić information content (AvgIpc) is 2.92. The van der Waals surface area contributed by atoms with Crippen LogP contribution in [0.25, 0.3) is 0 Å². The van der Waals surface area contributed by atoms with Gasteiger partial charge < -0.3 is 15.1 Å². The molecule has 1 aromatic rings. The highest BCUT2D eigenvalue weighted by Crippen LogP contribution is 2.17. The number of rotatable bonds is 3. The van der Waals surface area contributed by atoms with Crippen molar-refractivity contribution in [2.75, 3.05) is 26.2 Å². The molecular formula is C17H23N3O2. The lowest BCUT2D eigenvalue weighted by molar-refractivity contribution is -0.128. The van der Waals surface area contributed by atoms with Gasteiger partial charge in [0.05, 0.1) is 0 Å². The minimum absolute atomic E-state index is 0.0867. The van der Waals surface area contributed by atoms with Crippen molar-refractivity contribution in [3.8, 4) is 0 Å². The number of nitrogens with zero attached hydrogens (tertiary/aromatic N) is 2. The van der Waals surface area contributed by atoms with Gasteiger partial charge in [-0.05, 0) is 31.0 Å². The van der Waals surface area contributed by atoms with E-state index in [1.807, 2.05) is 34.1 Å². The van der Waals surface area contributed by atoms with Crippen LogP contribution in [0.15, 0.2) is 24.3 Å². The van der Waals surface area contributed by atoms with Crippen molar-refractivity contribution in [2.45, 2.75) is 32.4 Å². The molecule has 1 atom stereocenters. The summed E-state index contributed by atoms with van der Waals surface area (Å²) in [5.41, 5.74) is 1.75. The first-order valence-corrected chi connectivity index (χ1v) is 8.03. The van der Waals surface area contributed by atoms with Crippen LogP contribution >= 0.6 is 0 Å². The van der Waals surface area contributed by atoms with E-state index in [9.17, 15) is 9.59 Å². The third-order valence-electron chi connectivity index (χ3n) is 4.48. The van der Waals surface area contributed by atoms with Crippen molar-refractivity contribution < 1.29 is 9.59 Å². The van der Waals surface area contributed by atoms with Crippen LogP contribution in [0.1, 0.15) is 35.7 Å². The number of amides is 2. The standard InChI is InChI=1S/C17H23N3O2/c1-13-11-18-7-9-20(13)17(22)15-5-2-4-14(10-15)12-19-8-3-6-16(19)21/h2,4-5,10,13,18H,3,6-9,11-12H2,1H3. The molecule has 1 N–H and O–H groups in total. The second-order valence-electron chi connectivity index (χ2n) is 6.17. The Morgan fingerprint density at radius 3 is 2.95 bits per heavy atom. The lowest BCUT2D eigenvalue weighted by Gasteiger charge is -2.34. The Hall–Kier alpha value is -1.88. The topological polar surface area (TPSA) is 52.7 Å². The maximum Gasteiger partial charge on any atom is 0.254 e. The van der Waals surface area contributed by atoms with Gasteiger partial charge in [-0.3, -0.25) is 9.59 Å². The summed E-state index contributed by atoms with van der Waals surface area (Å²) in [4.78, 5) is 28.2. The van der Waals surface area contributed by atoms with Crippen molar-refractivity contribution in [3.63, 3.8) is 0 Å². The Morgan fingerprint density at radius 1 is 1.36 bits per heavy atom. The van der Waals surface area contributed by atoms with E-state index in [0.717, 1.165) is 43.7 Å². The summed E-state index contributed by atoms with van der Waals surface area (Å²) in [6.45, 7) is 5.93. The van der Waals surface area contributed by atoms with Crippen molar-refractivity contribution >= 4 is 11.8 Å². The van der Waals surface area contributed by atoms with Gasteiger partial charge in [-0.1, -0.05) is 12.1 Å². The van der Waals surface area contributed by atoms with Gasteiger partial charge in [0.15, 0.2) is 0 Å². The van der Waals surface area contributed by atoms with Crippen LogP contribution in [-0.4, -0.2) is 53.8 Å². The lowest BCUT2D eigenvalue weighted by atomic mass is 10.1. The number of hydrogen-bond donors (Lipinski definition) is 1. The van der Waals surface area contributed by atoms with Gasteiger partial charge in [-0.2, -0.15) is 0 Å². The molecule has 2 amide bonds. The van der Waals surface area contributed by atoms with Gasteiger partial charge in [0.2, 0.25) is 5.91 Å². The van der Waals surface area contributed by atoms with Gasteiger partial charge >= 0.3 is 0 Å². The van der Waals surface area contributed by atoms with Crippen LogP contribution < -0.4 is 5.32 Å². The monoisotopic (exact) mass is 301 g/mol. The van der Waals surface area contributed by atoms with E-state index in [1.54, 1.807) is 0 Å². The second kappa shape index (κ2) is 6.48. The molecule has 22 heavy (non-hydrogen) atoms. The molecule has 2 aliphatic heterocycles. The molecule has 2 heterocycles. The average molecular weight is 301 g/mol. The first kappa shape index (κ1) is 15.0. The van der Waals surface area contributed by atoms with Crippen LogP contribution in [0.4, 0.5) is 0 Å². The highest BCUT2D eigenvalue weighted by molar-refractivity contribution is 5.94. The molecule has 5 heteroatoms. The summed E-state index contributed by atoms with van der Waals surface area (Å²) in [5.74, 6) is 0.302. The Labute approximate surface area is 131 Å². The van der Waals surface area contributed by atoms with E-state index in [0.29, 0.717) is 13.0 Å². The predicted molar refractivity (Wildman–Crippen MR) is 84.5 cm³/mol. The van der Waals surface area contributed by atoms with Crippen molar-refractivity contribution in [3.05, 3.63) is 35.4 Å². The van der Waals surface area contributed by atoms with Gasteiger partial charge in [-0.15, -0.1) is 0 Å². The van der Waals surface area contributed by atoms with Crippen LogP contribution in [0, 0.1) is 0 Å². The molecule has 118 valence electrons. The number of likely N-dealkylation sites (tertiary alicyclic amines) is 1. The molecule has 2 fully saturated rings. The largest absolute Gasteiger partial charge is 0.338 e. The Bertz CT molecular complexity index is 573. The summed E-state index contributed by atoms with van der Waals surface area (Å²) in [7, 11) is 0. The summed E-state index contributed by atoms with van der Waals surface area (Å²) in [6, 6.07) is 7.92. The first-order chi connectivity index (χ1) is 10.6. The third kappa shape index (κ3) is 3.14. The molecule has 0 aliphatic carbocycles. The van der Waals surface area contributed by atoms with Crippen LogP contribution in [-0.2, 0) is 11.3 Å². The normalized spacial score (nSPS) is 22.2. The molecule has 0 spiro atoms. The number of carbonyl (C=O) groups excluding carboxylic acids is 2. The molecule has 2 aliphatic rings. The number of piperazine rings is 1. The van der Waals surface area contributed by atoms with E-state index >= 15 is 0 Å². The highest BCUT2D eigenvalue weighted by Gasteiger charge is 2.25. The summed E-state index contributed by atoms with van der Waals surface area (Å²) in [6.07, 6.45) is 1.59. The molecule has 1 aromatic carbocycles. The number of benzene rings is 1.